The van der Waals surface area contributed by atoms with E-state index in [1.807, 2.05) is 0 Å². The number of hydrogen-bond donors (Lipinski definition) is 1. The molecule has 1 N–H and O–H groups in total. The lowest BCUT2D eigenvalue weighted by Crippen LogP contribution is -2.40. The first-order valence-corrected chi connectivity index (χ1v) is 5.72. The second-order valence-corrected chi connectivity index (χ2v) is 4.11. The lowest BCUT2D eigenvalue weighted by molar-refractivity contribution is 0.0693. The third-order valence-electron chi connectivity index (χ3n) is 1.30. The van der Waals surface area contributed by atoms with Gasteiger partial charge in [-0.15, -0.1) is 0 Å². The third kappa shape index (κ3) is 5.98. The van der Waals surface area contributed by atoms with Crippen molar-refractivity contribution in [1.29, 1.82) is 0 Å². The zero-order chi connectivity index (χ0) is 10.3. The Labute approximate surface area is 79.6 Å². The Kier molecular flexibility index (Phi) is 6.23. The zero-order valence-corrected chi connectivity index (χ0v) is 8.88. The Bertz CT molecular complexity index is 209. The van der Waals surface area contributed by atoms with Crippen LogP contribution in [0.25, 0.3) is 0 Å². The van der Waals surface area contributed by atoms with E-state index >= 15 is 0 Å². The molecule has 80 valence electrons. The molecule has 1 heterocycles. The molecule has 0 unspecified atom stereocenters. The van der Waals surface area contributed by atoms with Crippen LogP contribution in [-0.2, 0) is 15.0 Å². The van der Waals surface area contributed by atoms with Crippen molar-refractivity contribution >= 4 is 10.3 Å². The van der Waals surface area contributed by atoms with Crippen molar-refractivity contribution in [3.8, 4) is 0 Å². The van der Waals surface area contributed by atoms with Gasteiger partial charge in [-0.05, 0) is 0 Å². The van der Waals surface area contributed by atoms with Crippen LogP contribution in [0.3, 0.4) is 0 Å². The van der Waals surface area contributed by atoms with Gasteiger partial charge in [0.1, 0.15) is 0 Å². The van der Waals surface area contributed by atoms with Gasteiger partial charge in [-0.25, -0.2) is 0 Å². The molecular formula is C7H17NO4S. The fraction of sp³-hybridized carbons (Fsp3) is 1.00. The van der Waals surface area contributed by atoms with Crippen molar-refractivity contribution in [1.82, 2.24) is 4.31 Å². The summed E-state index contributed by atoms with van der Waals surface area (Å²) in [5, 5.41) is 0. The summed E-state index contributed by atoms with van der Waals surface area (Å²) in [4.78, 5) is 0. The molecule has 0 aromatic rings. The molecule has 1 rings (SSSR count). The second kappa shape index (κ2) is 6.31. The Morgan fingerprint density at radius 2 is 1.69 bits per heavy atom. The molecule has 6 heteroatoms. The zero-order valence-electron chi connectivity index (χ0n) is 8.06. The summed E-state index contributed by atoms with van der Waals surface area (Å²) in [5.74, 6) is 0. The topological polar surface area (TPSA) is 66.8 Å². The Hall–Kier alpha value is -0.170. The van der Waals surface area contributed by atoms with Crippen molar-refractivity contribution in [2.75, 3.05) is 26.3 Å². The largest absolute Gasteiger partial charge is 0.379 e. The molecule has 0 radical (unpaired) electrons. The van der Waals surface area contributed by atoms with Gasteiger partial charge in [0.2, 0.25) is 0 Å². The molecule has 1 saturated heterocycles. The Morgan fingerprint density at radius 1 is 1.31 bits per heavy atom. The summed E-state index contributed by atoms with van der Waals surface area (Å²) < 4.78 is 35.2. The van der Waals surface area contributed by atoms with E-state index < -0.39 is 10.3 Å². The first kappa shape index (κ1) is 12.8. The summed E-state index contributed by atoms with van der Waals surface area (Å²) in [7, 11) is -3.97. The van der Waals surface area contributed by atoms with E-state index in [2.05, 4.69) is 13.8 Å². The van der Waals surface area contributed by atoms with Gasteiger partial charge in [-0.3, -0.25) is 4.55 Å². The van der Waals surface area contributed by atoms with E-state index in [1.165, 1.54) is 6.42 Å². The second-order valence-electron chi connectivity index (χ2n) is 2.70. The summed E-state index contributed by atoms with van der Waals surface area (Å²) in [6.07, 6.45) is 1.25. The highest BCUT2D eigenvalue weighted by Gasteiger charge is 2.20. The minimum Gasteiger partial charge on any atom is -0.379 e. The van der Waals surface area contributed by atoms with E-state index in [4.69, 9.17) is 9.29 Å². The maximum atomic E-state index is 10.4. The predicted octanol–water partition coefficient (Wildman–Crippen LogP) is 0.538. The Balaban J connectivity index is 0.000000424. The molecule has 0 bridgehead atoms. The predicted molar refractivity (Wildman–Crippen MR) is 49.9 cm³/mol. The first-order valence-electron chi connectivity index (χ1n) is 4.32. The van der Waals surface area contributed by atoms with Crippen molar-refractivity contribution < 1.29 is 17.7 Å². The van der Waals surface area contributed by atoms with Gasteiger partial charge in [-0.1, -0.05) is 20.3 Å². The lowest BCUT2D eigenvalue weighted by atomic mass is 10.5. The average molecular weight is 211 g/mol. The van der Waals surface area contributed by atoms with E-state index in [0.717, 1.165) is 4.31 Å². The highest BCUT2D eigenvalue weighted by Crippen LogP contribution is 2.00. The van der Waals surface area contributed by atoms with Crippen LogP contribution in [0.2, 0.25) is 0 Å². The van der Waals surface area contributed by atoms with Crippen molar-refractivity contribution in [2.24, 2.45) is 0 Å². The van der Waals surface area contributed by atoms with Crippen LogP contribution in [0.1, 0.15) is 20.3 Å². The smallest absolute Gasteiger partial charge is 0.336 e. The maximum absolute atomic E-state index is 10.4. The molecule has 0 aliphatic carbocycles. The highest BCUT2D eigenvalue weighted by molar-refractivity contribution is 7.83. The van der Waals surface area contributed by atoms with Gasteiger partial charge >= 0.3 is 10.3 Å². The SMILES string of the molecule is CCC.O=S(=O)(O)N1CCOCC1. The summed E-state index contributed by atoms with van der Waals surface area (Å²) in [6.45, 7) is 5.47. The molecule has 0 aromatic carbocycles. The molecule has 1 aliphatic heterocycles. The van der Waals surface area contributed by atoms with E-state index in [1.54, 1.807) is 0 Å². The summed E-state index contributed by atoms with van der Waals surface area (Å²) >= 11 is 0. The third-order valence-corrected chi connectivity index (χ3v) is 2.31. The van der Waals surface area contributed by atoms with Crippen molar-refractivity contribution in [2.45, 2.75) is 20.3 Å². The van der Waals surface area contributed by atoms with Gasteiger partial charge in [0.05, 0.1) is 13.2 Å². The van der Waals surface area contributed by atoms with Crippen molar-refractivity contribution in [3.63, 3.8) is 0 Å². The molecule has 0 aromatic heterocycles. The van der Waals surface area contributed by atoms with Crippen LogP contribution in [0, 0.1) is 0 Å². The normalized spacial score (nSPS) is 19.0. The van der Waals surface area contributed by atoms with Gasteiger partial charge in [-0.2, -0.15) is 12.7 Å². The minimum absolute atomic E-state index is 0.249. The average Bonchev–Trinajstić information content (AvgIpc) is 2.06. The molecule has 1 aliphatic rings. The number of morpholine rings is 1. The van der Waals surface area contributed by atoms with Crippen LogP contribution in [-0.4, -0.2) is 43.6 Å². The van der Waals surface area contributed by atoms with Gasteiger partial charge in [0, 0.05) is 13.1 Å². The number of ether oxygens (including phenoxy) is 1. The lowest BCUT2D eigenvalue weighted by Gasteiger charge is -2.22. The molecule has 0 atom stereocenters. The van der Waals surface area contributed by atoms with E-state index in [9.17, 15) is 8.42 Å². The number of hydrogen-bond acceptors (Lipinski definition) is 3. The molecular weight excluding hydrogens is 194 g/mol. The quantitative estimate of drug-likeness (QED) is 0.643. The highest BCUT2D eigenvalue weighted by atomic mass is 32.2. The molecule has 0 spiro atoms. The standard InChI is InChI=1S/C4H9NO4S.C3H8/c6-10(7,8)5-1-3-9-4-2-5;1-3-2/h1-4H2,(H,6,7,8);3H2,1-2H3. The molecule has 5 nitrogen and oxygen atoms in total. The summed E-state index contributed by atoms with van der Waals surface area (Å²) in [5.41, 5.74) is 0. The van der Waals surface area contributed by atoms with Crippen LogP contribution in [0.5, 0.6) is 0 Å². The van der Waals surface area contributed by atoms with Crippen LogP contribution < -0.4 is 0 Å². The van der Waals surface area contributed by atoms with Gasteiger partial charge in [0.15, 0.2) is 0 Å². The molecule has 1 fully saturated rings. The number of rotatable bonds is 1. The van der Waals surface area contributed by atoms with E-state index in [-0.39, 0.29) is 13.1 Å². The summed E-state index contributed by atoms with van der Waals surface area (Å²) in [6, 6.07) is 0. The van der Waals surface area contributed by atoms with Crippen molar-refractivity contribution in [3.05, 3.63) is 0 Å². The van der Waals surface area contributed by atoms with Gasteiger partial charge < -0.3 is 4.74 Å². The molecule has 0 saturated carbocycles. The fourth-order valence-electron chi connectivity index (χ4n) is 0.777. The number of nitrogens with zero attached hydrogens (tertiary/aromatic N) is 1. The minimum atomic E-state index is -3.97. The maximum Gasteiger partial charge on any atom is 0.336 e. The van der Waals surface area contributed by atoms with Crippen LogP contribution >= 0.6 is 0 Å². The van der Waals surface area contributed by atoms with Crippen LogP contribution in [0.4, 0.5) is 0 Å². The Morgan fingerprint density at radius 3 is 1.92 bits per heavy atom. The fourth-order valence-corrected chi connectivity index (χ4v) is 1.39. The first-order chi connectivity index (χ1) is 6.02. The molecule has 13 heavy (non-hydrogen) atoms. The molecule has 0 amide bonds. The van der Waals surface area contributed by atoms with E-state index in [0.29, 0.717) is 13.2 Å². The monoisotopic (exact) mass is 211 g/mol. The van der Waals surface area contributed by atoms with Gasteiger partial charge in [0.25, 0.3) is 0 Å². The van der Waals surface area contributed by atoms with Crippen LogP contribution in [0.15, 0.2) is 0 Å².